The smallest absolute Gasteiger partial charge is 0.255 e. The van der Waals surface area contributed by atoms with Crippen molar-refractivity contribution in [1.29, 1.82) is 0 Å². The molecular weight excluding hydrogens is 414 g/mol. The van der Waals surface area contributed by atoms with Crippen molar-refractivity contribution >= 4 is 33.2 Å². The number of rotatable bonds is 5. The molecule has 2 aromatic rings. The topological polar surface area (TPSA) is 86.8 Å². The molecule has 2 amide bonds. The van der Waals surface area contributed by atoms with Crippen molar-refractivity contribution in [3.8, 4) is 0 Å². The zero-order valence-electron chi connectivity index (χ0n) is 17.6. The predicted octanol–water partition coefficient (Wildman–Crippen LogP) is 3.55. The molecule has 0 aliphatic carbocycles. The molecule has 0 aromatic heterocycles. The van der Waals surface area contributed by atoms with Crippen LogP contribution in [0.5, 0.6) is 0 Å². The van der Waals surface area contributed by atoms with Crippen molar-refractivity contribution in [2.45, 2.75) is 43.9 Å². The first-order chi connectivity index (χ1) is 14.9. The van der Waals surface area contributed by atoms with E-state index in [9.17, 15) is 18.0 Å². The van der Waals surface area contributed by atoms with E-state index in [-0.39, 0.29) is 16.7 Å². The van der Waals surface area contributed by atoms with Crippen LogP contribution in [0.25, 0.3) is 0 Å². The van der Waals surface area contributed by atoms with Crippen LogP contribution in [-0.2, 0) is 14.8 Å². The Bertz CT molecular complexity index is 1090. The SMILES string of the molecule is Cc1ccc(NC(=O)c2ccc(S(=O)(=O)N3CCCC3)cc2)cc1N1CCCCC1=O. The van der Waals surface area contributed by atoms with Crippen LogP contribution < -0.4 is 10.2 Å². The molecule has 0 saturated carbocycles. The molecule has 0 unspecified atom stereocenters. The van der Waals surface area contributed by atoms with Crippen LogP contribution in [-0.4, -0.2) is 44.2 Å². The van der Waals surface area contributed by atoms with E-state index in [2.05, 4.69) is 5.32 Å². The number of anilines is 2. The van der Waals surface area contributed by atoms with Gasteiger partial charge in [-0.05, 0) is 74.6 Å². The predicted molar refractivity (Wildman–Crippen MR) is 120 cm³/mol. The van der Waals surface area contributed by atoms with Crippen molar-refractivity contribution in [2.75, 3.05) is 29.9 Å². The summed E-state index contributed by atoms with van der Waals surface area (Å²) in [6, 6.07) is 11.5. The fourth-order valence-corrected chi connectivity index (χ4v) is 5.61. The molecule has 2 fully saturated rings. The Hall–Kier alpha value is -2.71. The number of carbonyl (C=O) groups is 2. The van der Waals surface area contributed by atoms with Crippen molar-refractivity contribution in [3.05, 3.63) is 53.6 Å². The number of amides is 2. The molecule has 0 spiro atoms. The summed E-state index contributed by atoms with van der Waals surface area (Å²) in [7, 11) is -3.50. The van der Waals surface area contributed by atoms with E-state index in [4.69, 9.17) is 0 Å². The molecule has 8 heteroatoms. The number of hydrogen-bond acceptors (Lipinski definition) is 4. The molecule has 2 aliphatic heterocycles. The van der Waals surface area contributed by atoms with Crippen molar-refractivity contribution < 1.29 is 18.0 Å². The van der Waals surface area contributed by atoms with Gasteiger partial charge in [-0.15, -0.1) is 0 Å². The Morgan fingerprint density at radius 1 is 0.935 bits per heavy atom. The van der Waals surface area contributed by atoms with Crippen molar-refractivity contribution in [3.63, 3.8) is 0 Å². The van der Waals surface area contributed by atoms with E-state index in [1.165, 1.54) is 28.6 Å². The van der Waals surface area contributed by atoms with Gasteiger partial charge >= 0.3 is 0 Å². The lowest BCUT2D eigenvalue weighted by molar-refractivity contribution is -0.119. The van der Waals surface area contributed by atoms with Crippen LogP contribution in [0.1, 0.15) is 48.0 Å². The van der Waals surface area contributed by atoms with Crippen LogP contribution in [0.3, 0.4) is 0 Å². The second-order valence-corrected chi connectivity index (χ2v) is 10.0. The molecule has 2 aromatic carbocycles. The third kappa shape index (κ3) is 4.50. The number of nitrogens with zero attached hydrogens (tertiary/aromatic N) is 2. The standard InChI is InChI=1S/C23H27N3O4S/c1-17-7-10-19(16-21(17)26-15-3-2-6-22(26)27)24-23(28)18-8-11-20(12-9-18)31(29,30)25-13-4-5-14-25/h7-12,16H,2-6,13-15H2,1H3,(H,24,28). The van der Waals surface area contributed by atoms with Gasteiger partial charge in [0, 0.05) is 43.0 Å². The van der Waals surface area contributed by atoms with E-state index < -0.39 is 10.0 Å². The Balaban J connectivity index is 1.49. The summed E-state index contributed by atoms with van der Waals surface area (Å²) in [6.45, 7) is 3.71. The van der Waals surface area contributed by atoms with E-state index >= 15 is 0 Å². The number of nitrogens with one attached hydrogen (secondary N) is 1. The van der Waals surface area contributed by atoms with Crippen molar-refractivity contribution in [2.24, 2.45) is 0 Å². The maximum absolute atomic E-state index is 12.7. The molecule has 2 saturated heterocycles. The van der Waals surface area contributed by atoms with Crippen LogP contribution >= 0.6 is 0 Å². The molecule has 2 aliphatic rings. The fourth-order valence-electron chi connectivity index (χ4n) is 4.10. The summed E-state index contributed by atoms with van der Waals surface area (Å²) in [4.78, 5) is 27.0. The largest absolute Gasteiger partial charge is 0.322 e. The van der Waals surface area contributed by atoms with Crippen molar-refractivity contribution in [1.82, 2.24) is 4.31 Å². The average molecular weight is 442 g/mol. The molecule has 164 valence electrons. The number of carbonyl (C=O) groups excluding carboxylic acids is 2. The summed E-state index contributed by atoms with van der Waals surface area (Å²) >= 11 is 0. The lowest BCUT2D eigenvalue weighted by atomic mass is 10.1. The Morgan fingerprint density at radius 2 is 1.61 bits per heavy atom. The van der Waals surface area contributed by atoms with E-state index in [1.54, 1.807) is 11.0 Å². The number of piperidine rings is 1. The number of benzene rings is 2. The maximum Gasteiger partial charge on any atom is 0.255 e. The Kier molecular flexibility index (Phi) is 6.11. The Labute approximate surface area is 183 Å². The summed E-state index contributed by atoms with van der Waals surface area (Å²) in [6.07, 6.45) is 4.17. The first-order valence-electron chi connectivity index (χ1n) is 10.7. The van der Waals surface area contributed by atoms with E-state index in [0.717, 1.165) is 36.9 Å². The summed E-state index contributed by atoms with van der Waals surface area (Å²) in [5.41, 5.74) is 2.76. The molecule has 0 atom stereocenters. The highest BCUT2D eigenvalue weighted by Gasteiger charge is 2.27. The highest BCUT2D eigenvalue weighted by Crippen LogP contribution is 2.28. The minimum atomic E-state index is -3.50. The number of hydrogen-bond donors (Lipinski definition) is 1. The molecule has 31 heavy (non-hydrogen) atoms. The lowest BCUT2D eigenvalue weighted by Gasteiger charge is -2.28. The van der Waals surface area contributed by atoms with Gasteiger partial charge in [0.1, 0.15) is 0 Å². The fraction of sp³-hybridized carbons (Fsp3) is 0.391. The molecule has 7 nitrogen and oxygen atoms in total. The van der Waals surface area contributed by atoms with Crippen LogP contribution in [0, 0.1) is 6.92 Å². The number of aryl methyl sites for hydroxylation is 1. The van der Waals surface area contributed by atoms with Gasteiger partial charge in [-0.2, -0.15) is 4.31 Å². The van der Waals surface area contributed by atoms with Gasteiger partial charge in [-0.3, -0.25) is 9.59 Å². The minimum Gasteiger partial charge on any atom is -0.322 e. The van der Waals surface area contributed by atoms with Gasteiger partial charge in [-0.25, -0.2) is 8.42 Å². The third-order valence-corrected chi connectivity index (χ3v) is 7.81. The molecule has 0 radical (unpaired) electrons. The summed E-state index contributed by atoms with van der Waals surface area (Å²) in [5, 5.41) is 2.86. The zero-order valence-corrected chi connectivity index (χ0v) is 18.5. The van der Waals surface area contributed by atoms with Gasteiger partial charge in [0.05, 0.1) is 4.90 Å². The summed E-state index contributed by atoms with van der Waals surface area (Å²) in [5.74, 6) is -0.225. The van der Waals surface area contributed by atoms with Gasteiger partial charge in [0.2, 0.25) is 15.9 Å². The maximum atomic E-state index is 12.7. The second kappa shape index (κ2) is 8.80. The lowest BCUT2D eigenvalue weighted by Crippen LogP contribution is -2.35. The molecule has 2 heterocycles. The van der Waals surface area contributed by atoms with E-state index in [1.807, 2.05) is 19.1 Å². The molecule has 0 bridgehead atoms. The Morgan fingerprint density at radius 3 is 2.29 bits per heavy atom. The molecule has 1 N–H and O–H groups in total. The van der Waals surface area contributed by atoms with Crippen LogP contribution in [0.2, 0.25) is 0 Å². The normalized spacial score (nSPS) is 17.7. The first kappa shape index (κ1) is 21.5. The minimum absolute atomic E-state index is 0.104. The quantitative estimate of drug-likeness (QED) is 0.769. The highest BCUT2D eigenvalue weighted by atomic mass is 32.2. The molecular formula is C23H27N3O4S. The number of sulfonamides is 1. The second-order valence-electron chi connectivity index (χ2n) is 8.09. The monoisotopic (exact) mass is 441 g/mol. The van der Waals surface area contributed by atoms with Crippen LogP contribution in [0.15, 0.2) is 47.4 Å². The molecule has 4 rings (SSSR count). The van der Waals surface area contributed by atoms with Gasteiger partial charge < -0.3 is 10.2 Å². The summed E-state index contributed by atoms with van der Waals surface area (Å²) < 4.78 is 26.8. The third-order valence-electron chi connectivity index (χ3n) is 5.90. The highest BCUT2D eigenvalue weighted by molar-refractivity contribution is 7.89. The van der Waals surface area contributed by atoms with Crippen LogP contribution in [0.4, 0.5) is 11.4 Å². The zero-order chi connectivity index (χ0) is 22.0. The van der Waals surface area contributed by atoms with E-state index in [0.29, 0.717) is 37.3 Å². The van der Waals surface area contributed by atoms with Gasteiger partial charge in [-0.1, -0.05) is 6.07 Å². The van der Waals surface area contributed by atoms with Gasteiger partial charge in [0.15, 0.2) is 0 Å². The average Bonchev–Trinajstić information content (AvgIpc) is 3.32. The van der Waals surface area contributed by atoms with Gasteiger partial charge in [0.25, 0.3) is 5.91 Å². The first-order valence-corrected chi connectivity index (χ1v) is 12.1.